The van der Waals surface area contributed by atoms with E-state index in [1.54, 1.807) is 0 Å². The van der Waals surface area contributed by atoms with Crippen molar-refractivity contribution in [3.05, 3.63) is 0 Å². The number of rotatable bonds is 2. The maximum atomic E-state index is 10.7. The Morgan fingerprint density at radius 1 is 1.45 bits per heavy atom. The number of carbonyl (C=O) groups is 2. The molecule has 1 fully saturated rings. The van der Waals surface area contributed by atoms with Gasteiger partial charge in [-0.15, -0.1) is 0 Å². The van der Waals surface area contributed by atoms with Gasteiger partial charge in [-0.05, 0) is 12.8 Å². The van der Waals surface area contributed by atoms with Crippen molar-refractivity contribution in [2.45, 2.75) is 31.9 Å². The van der Waals surface area contributed by atoms with E-state index in [4.69, 9.17) is 5.11 Å². The fourth-order valence-corrected chi connectivity index (χ4v) is 0.993. The zero-order valence-corrected chi connectivity index (χ0v) is 6.33. The Balaban J connectivity index is 2.22. The van der Waals surface area contributed by atoms with E-state index in [0.29, 0.717) is 12.8 Å². The Bertz CT molecular complexity index is 184. The molecule has 0 radical (unpaired) electrons. The van der Waals surface area contributed by atoms with Gasteiger partial charge in [0.1, 0.15) is 0 Å². The summed E-state index contributed by atoms with van der Waals surface area (Å²) in [4.78, 5) is 21.1. The first-order valence-electron chi connectivity index (χ1n) is 3.59. The zero-order chi connectivity index (χ0) is 8.43. The molecule has 1 aliphatic carbocycles. The van der Waals surface area contributed by atoms with E-state index in [0.717, 1.165) is 0 Å². The topological polar surface area (TPSA) is 66.4 Å². The molecule has 0 bridgehead atoms. The summed E-state index contributed by atoms with van der Waals surface area (Å²) in [7, 11) is 0. The van der Waals surface area contributed by atoms with Crippen molar-refractivity contribution < 1.29 is 14.7 Å². The average Bonchev–Trinajstić information content (AvgIpc) is 1.84. The average molecular weight is 157 g/mol. The molecule has 1 aliphatic rings. The molecule has 0 unspecified atom stereocenters. The van der Waals surface area contributed by atoms with Crippen LogP contribution in [0.5, 0.6) is 0 Å². The van der Waals surface area contributed by atoms with Crippen molar-refractivity contribution in [1.29, 1.82) is 0 Å². The van der Waals surface area contributed by atoms with Gasteiger partial charge in [0.25, 0.3) is 5.91 Å². The van der Waals surface area contributed by atoms with Crippen LogP contribution in [0.1, 0.15) is 19.8 Å². The first kappa shape index (κ1) is 8.20. The number of amides is 1. The lowest BCUT2D eigenvalue weighted by Crippen LogP contribution is -2.48. The molecule has 0 spiro atoms. The summed E-state index contributed by atoms with van der Waals surface area (Å²) >= 11 is 0. The number of ketones is 1. The summed E-state index contributed by atoms with van der Waals surface area (Å²) in [6.45, 7) is 1.23. The third kappa shape index (κ3) is 2.01. The second-order valence-electron chi connectivity index (χ2n) is 2.85. The van der Waals surface area contributed by atoms with Crippen LogP contribution in [-0.2, 0) is 9.59 Å². The molecule has 2 N–H and O–H groups in total. The van der Waals surface area contributed by atoms with Crippen molar-refractivity contribution in [3.8, 4) is 0 Å². The molecule has 4 nitrogen and oxygen atoms in total. The number of hydrogen-bond acceptors (Lipinski definition) is 3. The highest BCUT2D eigenvalue weighted by Crippen LogP contribution is 2.18. The van der Waals surface area contributed by atoms with E-state index in [1.165, 1.54) is 6.92 Å². The van der Waals surface area contributed by atoms with Crippen molar-refractivity contribution in [1.82, 2.24) is 5.32 Å². The third-order valence-electron chi connectivity index (χ3n) is 1.77. The van der Waals surface area contributed by atoms with Gasteiger partial charge in [-0.1, -0.05) is 0 Å². The number of aliphatic hydroxyl groups excluding tert-OH is 1. The fraction of sp³-hybridized carbons (Fsp3) is 0.714. The normalized spacial score (nSPS) is 28.9. The molecule has 1 saturated carbocycles. The highest BCUT2D eigenvalue weighted by Gasteiger charge is 2.28. The van der Waals surface area contributed by atoms with Crippen molar-refractivity contribution in [2.75, 3.05) is 0 Å². The lowest BCUT2D eigenvalue weighted by molar-refractivity contribution is -0.138. The molecule has 0 aromatic rings. The highest BCUT2D eigenvalue weighted by molar-refractivity contribution is 6.35. The van der Waals surface area contributed by atoms with E-state index in [1.807, 2.05) is 0 Å². The van der Waals surface area contributed by atoms with Crippen LogP contribution in [0, 0.1) is 0 Å². The summed E-state index contributed by atoms with van der Waals surface area (Å²) in [5.74, 6) is -1.03. The van der Waals surface area contributed by atoms with Gasteiger partial charge in [0.05, 0.1) is 6.10 Å². The maximum absolute atomic E-state index is 10.7. The summed E-state index contributed by atoms with van der Waals surface area (Å²) in [5, 5.41) is 11.3. The second-order valence-corrected chi connectivity index (χ2v) is 2.85. The van der Waals surface area contributed by atoms with Crippen LogP contribution < -0.4 is 5.32 Å². The summed E-state index contributed by atoms with van der Waals surface area (Å²) < 4.78 is 0. The quantitative estimate of drug-likeness (QED) is 0.516. The molecular weight excluding hydrogens is 146 g/mol. The number of aliphatic hydroxyl groups is 1. The van der Waals surface area contributed by atoms with E-state index < -0.39 is 11.7 Å². The van der Waals surface area contributed by atoms with Crippen LogP contribution in [0.4, 0.5) is 0 Å². The largest absolute Gasteiger partial charge is 0.393 e. The summed E-state index contributed by atoms with van der Waals surface area (Å²) in [6, 6.07) is 0.00130. The van der Waals surface area contributed by atoms with E-state index in [-0.39, 0.29) is 12.1 Å². The molecule has 0 aromatic heterocycles. The lowest BCUT2D eigenvalue weighted by atomic mass is 9.89. The van der Waals surface area contributed by atoms with Crippen molar-refractivity contribution >= 4 is 11.7 Å². The molecule has 0 aliphatic heterocycles. The minimum Gasteiger partial charge on any atom is -0.393 e. The second kappa shape index (κ2) is 3.00. The standard InChI is InChI=1S/C7H11NO3/c1-4(9)7(11)8-5-2-6(10)3-5/h5-6,10H,2-3H2,1H3,(H,8,11)/t5-,6-. The minimum absolute atomic E-state index is 0.00130. The predicted octanol–water partition coefficient (Wildman–Crippen LogP) is -0.785. The van der Waals surface area contributed by atoms with Gasteiger partial charge in [-0.25, -0.2) is 0 Å². The van der Waals surface area contributed by atoms with Gasteiger partial charge in [0.15, 0.2) is 0 Å². The molecule has 1 amide bonds. The van der Waals surface area contributed by atoms with Crippen LogP contribution in [-0.4, -0.2) is 28.9 Å². The number of carbonyl (C=O) groups excluding carboxylic acids is 2. The Morgan fingerprint density at radius 3 is 2.36 bits per heavy atom. The van der Waals surface area contributed by atoms with Gasteiger partial charge in [0, 0.05) is 13.0 Å². The van der Waals surface area contributed by atoms with Crippen LogP contribution in [0.2, 0.25) is 0 Å². The molecule has 1 rings (SSSR count). The summed E-state index contributed by atoms with van der Waals surface area (Å²) in [5.41, 5.74) is 0. The number of nitrogens with one attached hydrogen (secondary N) is 1. The number of hydrogen-bond donors (Lipinski definition) is 2. The predicted molar refractivity (Wildman–Crippen MR) is 37.9 cm³/mol. The Morgan fingerprint density at radius 2 is 2.00 bits per heavy atom. The molecule has 62 valence electrons. The zero-order valence-electron chi connectivity index (χ0n) is 6.33. The minimum atomic E-state index is -0.554. The first-order chi connectivity index (χ1) is 5.09. The van der Waals surface area contributed by atoms with Gasteiger partial charge in [0.2, 0.25) is 5.78 Å². The van der Waals surface area contributed by atoms with Crippen molar-refractivity contribution in [3.63, 3.8) is 0 Å². The van der Waals surface area contributed by atoms with Crippen LogP contribution in [0.25, 0.3) is 0 Å². The molecule has 0 saturated heterocycles. The first-order valence-corrected chi connectivity index (χ1v) is 3.59. The molecule has 0 atom stereocenters. The summed E-state index contributed by atoms with van der Waals surface area (Å²) in [6.07, 6.45) is 0.838. The molecule has 0 aromatic carbocycles. The molecule has 11 heavy (non-hydrogen) atoms. The Labute approximate surface area is 64.6 Å². The van der Waals surface area contributed by atoms with Gasteiger partial charge < -0.3 is 10.4 Å². The smallest absolute Gasteiger partial charge is 0.287 e. The molecule has 0 heterocycles. The van der Waals surface area contributed by atoms with Gasteiger partial charge in [-0.3, -0.25) is 9.59 Å². The highest BCUT2D eigenvalue weighted by atomic mass is 16.3. The van der Waals surface area contributed by atoms with Gasteiger partial charge >= 0.3 is 0 Å². The van der Waals surface area contributed by atoms with Crippen molar-refractivity contribution in [2.24, 2.45) is 0 Å². The molecular formula is C7H11NO3. The third-order valence-corrected chi connectivity index (χ3v) is 1.77. The Kier molecular flexibility index (Phi) is 2.24. The lowest BCUT2D eigenvalue weighted by Gasteiger charge is -2.31. The Hall–Kier alpha value is -0.900. The molecule has 4 heteroatoms. The fourth-order valence-electron chi connectivity index (χ4n) is 0.993. The van der Waals surface area contributed by atoms with Crippen LogP contribution in [0.3, 0.4) is 0 Å². The van der Waals surface area contributed by atoms with Gasteiger partial charge in [-0.2, -0.15) is 0 Å². The van der Waals surface area contributed by atoms with E-state index in [9.17, 15) is 9.59 Å². The number of Topliss-reactive ketones (excluding diaryl/α,β-unsaturated/α-hetero) is 1. The van der Waals surface area contributed by atoms with E-state index in [2.05, 4.69) is 5.32 Å². The monoisotopic (exact) mass is 157 g/mol. The SMILES string of the molecule is CC(=O)C(=O)N[C@H]1C[C@H](O)C1. The van der Waals surface area contributed by atoms with Crippen LogP contribution >= 0.6 is 0 Å². The maximum Gasteiger partial charge on any atom is 0.287 e. The van der Waals surface area contributed by atoms with Crippen LogP contribution in [0.15, 0.2) is 0 Å². The van der Waals surface area contributed by atoms with E-state index >= 15 is 0 Å².